The van der Waals surface area contributed by atoms with Gasteiger partial charge in [0.05, 0.1) is 4.91 Å². The van der Waals surface area contributed by atoms with Gasteiger partial charge < -0.3 is 0 Å². The maximum atomic E-state index is 12.7. The molecule has 0 unspecified atom stereocenters. The van der Waals surface area contributed by atoms with Gasteiger partial charge in [-0.15, -0.1) is 6.58 Å². The van der Waals surface area contributed by atoms with Crippen LogP contribution in [-0.4, -0.2) is 27.5 Å². The summed E-state index contributed by atoms with van der Waals surface area (Å²) in [6, 6.07) is 13.0. The van der Waals surface area contributed by atoms with Crippen molar-refractivity contribution in [3.05, 3.63) is 76.3 Å². The molecule has 1 aromatic heterocycles. The summed E-state index contributed by atoms with van der Waals surface area (Å²) in [5, 5.41) is 1.26. The van der Waals surface area contributed by atoms with E-state index in [1.54, 1.807) is 23.1 Å². The fourth-order valence-electron chi connectivity index (χ4n) is 2.28. The monoisotopic (exact) mass is 369 g/mol. The molecule has 0 atom stereocenters. The maximum Gasteiger partial charge on any atom is 0.267 e. The van der Waals surface area contributed by atoms with Gasteiger partial charge in [-0.2, -0.15) is 0 Å². The number of amides is 1. The number of carbonyl (C=O) groups excluding carboxylic acids is 1. The van der Waals surface area contributed by atoms with Crippen molar-refractivity contribution in [1.29, 1.82) is 0 Å². The van der Waals surface area contributed by atoms with E-state index in [0.717, 1.165) is 11.3 Å². The third-order valence-corrected chi connectivity index (χ3v) is 4.71. The van der Waals surface area contributed by atoms with E-state index < -0.39 is 0 Å². The van der Waals surface area contributed by atoms with Crippen molar-refractivity contribution in [2.24, 2.45) is 4.99 Å². The quantitative estimate of drug-likeness (QED) is 0.572. The molecular formula is C19H16ClN3OS. The van der Waals surface area contributed by atoms with Crippen molar-refractivity contribution >= 4 is 46.3 Å². The van der Waals surface area contributed by atoms with Crippen LogP contribution in [0.1, 0.15) is 11.3 Å². The Morgan fingerprint density at radius 1 is 1.28 bits per heavy atom. The second-order valence-corrected chi connectivity index (χ2v) is 6.84. The number of halogens is 1. The molecule has 1 saturated heterocycles. The molecule has 1 amide bonds. The lowest BCUT2D eigenvalue weighted by Crippen LogP contribution is -2.29. The van der Waals surface area contributed by atoms with Crippen molar-refractivity contribution in [2.75, 3.05) is 6.54 Å². The van der Waals surface area contributed by atoms with E-state index in [2.05, 4.69) is 16.6 Å². The van der Waals surface area contributed by atoms with E-state index in [0.29, 0.717) is 27.5 Å². The van der Waals surface area contributed by atoms with Crippen LogP contribution in [0.15, 0.2) is 65.0 Å². The Labute approximate surface area is 155 Å². The smallest absolute Gasteiger partial charge is 0.267 e. The largest absolute Gasteiger partial charge is 0.282 e. The van der Waals surface area contributed by atoms with Crippen molar-refractivity contribution in [3.63, 3.8) is 0 Å². The van der Waals surface area contributed by atoms with Gasteiger partial charge in [-0.05, 0) is 54.6 Å². The molecule has 0 bridgehead atoms. The Balaban J connectivity index is 1.94. The molecule has 1 aromatic carbocycles. The fourth-order valence-corrected chi connectivity index (χ4v) is 3.40. The molecule has 6 heteroatoms. The van der Waals surface area contributed by atoms with E-state index in [9.17, 15) is 4.79 Å². The van der Waals surface area contributed by atoms with Crippen LogP contribution in [0.3, 0.4) is 0 Å². The SMILES string of the molecule is C=CCN1C(=O)/C(=C/c2ccc(Cl)cc2)S/C1=N/c1cccc(C)n1. The first kappa shape index (κ1) is 17.5. The second kappa shape index (κ2) is 7.68. The number of nitrogens with zero attached hydrogens (tertiary/aromatic N) is 3. The number of aryl methyl sites for hydroxylation is 1. The van der Waals surface area contributed by atoms with Gasteiger partial charge in [0.1, 0.15) is 0 Å². The van der Waals surface area contributed by atoms with Crippen LogP contribution in [-0.2, 0) is 4.79 Å². The molecule has 2 aromatic rings. The number of hydrogen-bond acceptors (Lipinski definition) is 4. The lowest BCUT2D eigenvalue weighted by molar-refractivity contribution is -0.121. The molecule has 0 radical (unpaired) electrons. The summed E-state index contributed by atoms with van der Waals surface area (Å²) < 4.78 is 0. The first-order chi connectivity index (χ1) is 12.1. The molecule has 4 nitrogen and oxygen atoms in total. The van der Waals surface area contributed by atoms with Gasteiger partial charge in [-0.3, -0.25) is 9.69 Å². The predicted molar refractivity (Wildman–Crippen MR) is 105 cm³/mol. The minimum Gasteiger partial charge on any atom is -0.282 e. The number of pyridine rings is 1. The molecule has 0 spiro atoms. The third kappa shape index (κ3) is 4.18. The Morgan fingerprint density at radius 2 is 2.04 bits per heavy atom. The number of aromatic nitrogens is 1. The number of rotatable bonds is 4. The van der Waals surface area contributed by atoms with Crippen LogP contribution in [0.2, 0.25) is 5.02 Å². The molecule has 25 heavy (non-hydrogen) atoms. The zero-order chi connectivity index (χ0) is 17.8. The number of aliphatic imine (C=N–C) groups is 1. The molecule has 1 aliphatic heterocycles. The predicted octanol–water partition coefficient (Wildman–Crippen LogP) is 4.83. The van der Waals surface area contributed by atoms with Crippen LogP contribution in [0.4, 0.5) is 5.82 Å². The standard InChI is InChI=1S/C19H16ClN3OS/c1-3-11-23-18(24)16(12-14-7-9-15(20)10-8-14)25-19(23)22-17-6-4-5-13(2)21-17/h3-10,12H,1,11H2,2H3/b16-12-,22-19+. The van der Waals surface area contributed by atoms with Gasteiger partial charge in [0.2, 0.25) is 0 Å². The van der Waals surface area contributed by atoms with E-state index in [4.69, 9.17) is 11.6 Å². The Morgan fingerprint density at radius 3 is 2.72 bits per heavy atom. The van der Waals surface area contributed by atoms with E-state index in [-0.39, 0.29) is 5.91 Å². The van der Waals surface area contributed by atoms with Crippen molar-refractivity contribution in [3.8, 4) is 0 Å². The van der Waals surface area contributed by atoms with Crippen molar-refractivity contribution in [1.82, 2.24) is 9.88 Å². The van der Waals surface area contributed by atoms with Crippen molar-refractivity contribution < 1.29 is 4.79 Å². The summed E-state index contributed by atoms with van der Waals surface area (Å²) in [6.45, 7) is 6.03. The fraction of sp³-hybridized carbons (Fsp3) is 0.105. The topological polar surface area (TPSA) is 45.6 Å². The van der Waals surface area contributed by atoms with Crippen LogP contribution in [0.25, 0.3) is 6.08 Å². The highest BCUT2D eigenvalue weighted by Gasteiger charge is 2.32. The average Bonchev–Trinajstić information content (AvgIpc) is 2.86. The Hall–Kier alpha value is -2.37. The lowest BCUT2D eigenvalue weighted by Gasteiger charge is -2.12. The number of hydrogen-bond donors (Lipinski definition) is 0. The Bertz CT molecular complexity index is 874. The molecule has 0 saturated carbocycles. The number of thioether (sulfide) groups is 1. The van der Waals surface area contributed by atoms with Gasteiger partial charge in [-0.1, -0.05) is 35.9 Å². The minimum absolute atomic E-state index is 0.0914. The zero-order valence-electron chi connectivity index (χ0n) is 13.6. The molecule has 1 fully saturated rings. The molecule has 0 aliphatic carbocycles. The summed E-state index contributed by atoms with van der Waals surface area (Å²) in [4.78, 5) is 23.8. The van der Waals surface area contributed by atoms with Crippen LogP contribution in [0.5, 0.6) is 0 Å². The summed E-state index contributed by atoms with van der Waals surface area (Å²) in [5.74, 6) is 0.489. The van der Waals surface area contributed by atoms with Gasteiger partial charge >= 0.3 is 0 Å². The highest BCUT2D eigenvalue weighted by Crippen LogP contribution is 2.33. The summed E-state index contributed by atoms with van der Waals surface area (Å²) >= 11 is 7.24. The van der Waals surface area contributed by atoms with E-state index >= 15 is 0 Å². The van der Waals surface area contributed by atoms with Gasteiger partial charge in [0.25, 0.3) is 5.91 Å². The minimum atomic E-state index is -0.0914. The van der Waals surface area contributed by atoms with Crippen LogP contribution < -0.4 is 0 Å². The summed E-state index contributed by atoms with van der Waals surface area (Å²) in [5.41, 5.74) is 1.79. The third-order valence-electron chi connectivity index (χ3n) is 3.45. The molecule has 0 N–H and O–H groups in total. The normalized spacial score (nSPS) is 17.5. The van der Waals surface area contributed by atoms with Crippen LogP contribution >= 0.6 is 23.4 Å². The van der Waals surface area contributed by atoms with Gasteiger partial charge in [-0.25, -0.2) is 9.98 Å². The van der Waals surface area contributed by atoms with Gasteiger partial charge in [0, 0.05) is 17.3 Å². The first-order valence-electron chi connectivity index (χ1n) is 7.67. The zero-order valence-corrected chi connectivity index (χ0v) is 15.2. The van der Waals surface area contributed by atoms with Crippen molar-refractivity contribution in [2.45, 2.75) is 6.92 Å². The molecule has 126 valence electrons. The molecule has 3 rings (SSSR count). The second-order valence-electron chi connectivity index (χ2n) is 5.40. The van der Waals surface area contributed by atoms with Gasteiger partial charge in [0.15, 0.2) is 11.0 Å². The van der Waals surface area contributed by atoms with Crippen LogP contribution in [0, 0.1) is 6.92 Å². The lowest BCUT2D eigenvalue weighted by atomic mass is 10.2. The molecule has 1 aliphatic rings. The van der Waals surface area contributed by atoms with E-state index in [1.807, 2.05) is 43.3 Å². The number of carbonyl (C=O) groups is 1. The highest BCUT2D eigenvalue weighted by molar-refractivity contribution is 8.18. The summed E-state index contributed by atoms with van der Waals surface area (Å²) in [7, 11) is 0. The average molecular weight is 370 g/mol. The number of amidine groups is 1. The highest BCUT2D eigenvalue weighted by atomic mass is 35.5. The maximum absolute atomic E-state index is 12.7. The van der Waals surface area contributed by atoms with E-state index in [1.165, 1.54) is 11.8 Å². The first-order valence-corrected chi connectivity index (χ1v) is 8.86. The molecular weight excluding hydrogens is 354 g/mol. The summed E-state index contributed by atoms with van der Waals surface area (Å²) in [6.07, 6.45) is 3.52. The Kier molecular flexibility index (Phi) is 5.36. The molecule has 2 heterocycles. The number of benzene rings is 1.